The maximum atomic E-state index is 14.3. The first-order chi connectivity index (χ1) is 17.5. The second-order valence-electron chi connectivity index (χ2n) is 9.29. The predicted molar refractivity (Wildman–Crippen MR) is 135 cm³/mol. The number of rotatable bonds is 3. The Balaban J connectivity index is 1.29. The van der Waals surface area contributed by atoms with Gasteiger partial charge < -0.3 is 23.5 Å². The molecule has 1 amide bonds. The predicted octanol–water partition coefficient (Wildman–Crippen LogP) is 5.90. The van der Waals surface area contributed by atoms with Gasteiger partial charge in [-0.05, 0) is 55.0 Å². The van der Waals surface area contributed by atoms with Gasteiger partial charge in [-0.1, -0.05) is 29.8 Å². The number of ether oxygens (including phenoxy) is 3. The van der Waals surface area contributed by atoms with Gasteiger partial charge in [-0.3, -0.25) is 4.79 Å². The molecule has 3 aromatic carbocycles. The lowest BCUT2D eigenvalue weighted by molar-refractivity contribution is -0.122. The van der Waals surface area contributed by atoms with E-state index in [1.54, 1.807) is 0 Å². The summed E-state index contributed by atoms with van der Waals surface area (Å²) in [5, 5.41) is 0.670. The third-order valence-electron chi connectivity index (χ3n) is 7.29. The summed E-state index contributed by atoms with van der Waals surface area (Å²) in [6.07, 6.45) is 0. The zero-order valence-electron chi connectivity index (χ0n) is 19.5. The van der Waals surface area contributed by atoms with Crippen LogP contribution >= 0.6 is 11.6 Å². The lowest BCUT2D eigenvalue weighted by Gasteiger charge is -2.24. The molecular formula is C29H22ClNO5. The summed E-state index contributed by atoms with van der Waals surface area (Å²) in [5.74, 6) is 3.45. The van der Waals surface area contributed by atoms with Crippen molar-refractivity contribution in [2.45, 2.75) is 18.9 Å². The molecule has 3 aliphatic rings. The van der Waals surface area contributed by atoms with Crippen LogP contribution in [0.15, 0.2) is 71.1 Å². The molecule has 4 heterocycles. The normalized spacial score (nSPS) is 19.4. The van der Waals surface area contributed by atoms with Gasteiger partial charge in [-0.2, -0.15) is 0 Å². The molecule has 0 saturated heterocycles. The fraction of sp³-hybridized carbons (Fsp3) is 0.207. The highest BCUT2D eigenvalue weighted by Crippen LogP contribution is 2.55. The van der Waals surface area contributed by atoms with Crippen LogP contribution in [0.25, 0.3) is 11.3 Å². The van der Waals surface area contributed by atoms with Gasteiger partial charge >= 0.3 is 0 Å². The molecule has 1 aromatic heterocycles. The monoisotopic (exact) mass is 499 g/mol. The molecule has 7 rings (SSSR count). The van der Waals surface area contributed by atoms with E-state index in [9.17, 15) is 4.79 Å². The summed E-state index contributed by atoms with van der Waals surface area (Å²) in [5.41, 5.74) is 3.58. The van der Waals surface area contributed by atoms with E-state index in [0.717, 1.165) is 39.5 Å². The van der Waals surface area contributed by atoms with E-state index in [4.69, 9.17) is 30.2 Å². The van der Waals surface area contributed by atoms with Crippen molar-refractivity contribution in [3.05, 3.63) is 94.2 Å². The summed E-state index contributed by atoms with van der Waals surface area (Å²) in [4.78, 5) is 16.1. The standard InChI is InChI=1S/C29H22ClNO5/c1-17-19(12-24(36-17)18-6-8-20(30)9-7-18)15-31-23-5-3-2-4-21(23)29(28(31)32)16-35-25-14-27-26(13-22(25)29)33-10-11-34-27/h2-9,12-14H,10-11,15-16H2,1H3. The molecule has 1 spiro atoms. The molecular weight excluding hydrogens is 478 g/mol. The summed E-state index contributed by atoms with van der Waals surface area (Å²) in [6.45, 7) is 3.52. The zero-order valence-corrected chi connectivity index (χ0v) is 20.3. The Bertz CT molecular complexity index is 1530. The summed E-state index contributed by atoms with van der Waals surface area (Å²) in [6, 6.07) is 21.2. The number of amides is 1. The van der Waals surface area contributed by atoms with Crippen LogP contribution in [0.4, 0.5) is 5.69 Å². The average molecular weight is 500 g/mol. The van der Waals surface area contributed by atoms with Gasteiger partial charge in [0, 0.05) is 33.5 Å². The minimum Gasteiger partial charge on any atom is -0.491 e. The largest absolute Gasteiger partial charge is 0.491 e. The molecule has 0 radical (unpaired) electrons. The van der Waals surface area contributed by atoms with E-state index in [0.29, 0.717) is 42.0 Å². The van der Waals surface area contributed by atoms with Crippen molar-refractivity contribution in [1.29, 1.82) is 0 Å². The van der Waals surface area contributed by atoms with Crippen molar-refractivity contribution in [2.75, 3.05) is 24.7 Å². The van der Waals surface area contributed by atoms with E-state index in [1.807, 2.05) is 78.6 Å². The van der Waals surface area contributed by atoms with Crippen LogP contribution in [0.3, 0.4) is 0 Å². The number of halogens is 1. The molecule has 0 bridgehead atoms. The second kappa shape index (κ2) is 7.80. The van der Waals surface area contributed by atoms with Gasteiger partial charge in [0.2, 0.25) is 5.91 Å². The number of hydrogen-bond donors (Lipinski definition) is 0. The average Bonchev–Trinajstić information content (AvgIpc) is 3.53. The van der Waals surface area contributed by atoms with Gasteiger partial charge in [-0.25, -0.2) is 0 Å². The maximum Gasteiger partial charge on any atom is 0.246 e. The van der Waals surface area contributed by atoms with Gasteiger partial charge in [0.1, 0.15) is 42.5 Å². The zero-order chi connectivity index (χ0) is 24.4. The fourth-order valence-corrected chi connectivity index (χ4v) is 5.60. The molecule has 0 N–H and O–H groups in total. The number of para-hydroxylation sites is 1. The number of carbonyl (C=O) groups is 1. The minimum atomic E-state index is -0.932. The molecule has 0 fully saturated rings. The molecule has 7 heteroatoms. The topological polar surface area (TPSA) is 61.1 Å². The number of aryl methyl sites for hydroxylation is 1. The lowest BCUT2D eigenvalue weighted by Crippen LogP contribution is -2.42. The van der Waals surface area contributed by atoms with Crippen LogP contribution in [0, 0.1) is 6.92 Å². The number of benzene rings is 3. The number of furan rings is 1. The van der Waals surface area contributed by atoms with E-state index in [2.05, 4.69) is 0 Å². The Labute approximate surface area is 212 Å². The Morgan fingerprint density at radius 3 is 2.44 bits per heavy atom. The molecule has 36 heavy (non-hydrogen) atoms. The first kappa shape index (κ1) is 21.4. The van der Waals surface area contributed by atoms with Crippen molar-refractivity contribution in [3.63, 3.8) is 0 Å². The van der Waals surface area contributed by atoms with E-state index in [-0.39, 0.29) is 12.5 Å². The number of carbonyl (C=O) groups excluding carboxylic acids is 1. The highest BCUT2D eigenvalue weighted by Gasteiger charge is 2.57. The molecule has 6 nitrogen and oxygen atoms in total. The van der Waals surface area contributed by atoms with Crippen LogP contribution in [-0.4, -0.2) is 25.7 Å². The molecule has 1 unspecified atom stereocenters. The van der Waals surface area contributed by atoms with Crippen LogP contribution in [-0.2, 0) is 16.8 Å². The van der Waals surface area contributed by atoms with E-state index < -0.39 is 5.41 Å². The molecule has 3 aliphatic heterocycles. The SMILES string of the molecule is Cc1oc(-c2ccc(Cl)cc2)cc1CN1C(=O)C2(COc3cc4c(cc32)OCCO4)c2ccccc21. The Kier molecular flexibility index (Phi) is 4.63. The van der Waals surface area contributed by atoms with Gasteiger partial charge in [0.15, 0.2) is 11.5 Å². The van der Waals surface area contributed by atoms with Crippen molar-refractivity contribution in [2.24, 2.45) is 0 Å². The summed E-state index contributed by atoms with van der Waals surface area (Å²) < 4.78 is 23.8. The van der Waals surface area contributed by atoms with Gasteiger partial charge in [-0.15, -0.1) is 0 Å². The van der Waals surface area contributed by atoms with Crippen LogP contribution in [0.1, 0.15) is 22.5 Å². The molecule has 0 saturated carbocycles. The highest BCUT2D eigenvalue weighted by atomic mass is 35.5. The number of nitrogens with zero attached hydrogens (tertiary/aromatic N) is 1. The first-order valence-corrected chi connectivity index (χ1v) is 12.3. The second-order valence-corrected chi connectivity index (χ2v) is 9.73. The van der Waals surface area contributed by atoms with E-state index >= 15 is 0 Å². The van der Waals surface area contributed by atoms with Crippen LogP contribution < -0.4 is 19.1 Å². The Morgan fingerprint density at radius 2 is 1.64 bits per heavy atom. The lowest BCUT2D eigenvalue weighted by atomic mass is 9.77. The van der Waals surface area contributed by atoms with Crippen molar-refractivity contribution >= 4 is 23.2 Å². The third-order valence-corrected chi connectivity index (χ3v) is 7.54. The fourth-order valence-electron chi connectivity index (χ4n) is 5.47. The maximum absolute atomic E-state index is 14.3. The van der Waals surface area contributed by atoms with Crippen LogP contribution in [0.5, 0.6) is 17.2 Å². The summed E-state index contributed by atoms with van der Waals surface area (Å²) >= 11 is 6.05. The molecule has 180 valence electrons. The van der Waals surface area contributed by atoms with Crippen molar-refractivity contribution < 1.29 is 23.4 Å². The number of anilines is 1. The third kappa shape index (κ3) is 3.00. The Hall–Kier alpha value is -3.90. The first-order valence-electron chi connectivity index (χ1n) is 11.9. The Morgan fingerprint density at radius 1 is 0.889 bits per heavy atom. The number of hydrogen-bond acceptors (Lipinski definition) is 5. The quantitative estimate of drug-likeness (QED) is 0.351. The molecule has 4 aromatic rings. The van der Waals surface area contributed by atoms with Crippen molar-refractivity contribution in [3.8, 4) is 28.6 Å². The van der Waals surface area contributed by atoms with Gasteiger partial charge in [0.25, 0.3) is 0 Å². The van der Waals surface area contributed by atoms with Crippen molar-refractivity contribution in [1.82, 2.24) is 0 Å². The minimum absolute atomic E-state index is 0.0206. The number of fused-ring (bicyclic) bond motifs is 5. The van der Waals surface area contributed by atoms with Gasteiger partial charge in [0.05, 0.1) is 6.54 Å². The highest BCUT2D eigenvalue weighted by molar-refractivity contribution is 6.30. The smallest absolute Gasteiger partial charge is 0.246 e. The molecule has 1 atom stereocenters. The summed E-state index contributed by atoms with van der Waals surface area (Å²) in [7, 11) is 0. The van der Waals surface area contributed by atoms with Crippen LogP contribution in [0.2, 0.25) is 5.02 Å². The van der Waals surface area contributed by atoms with E-state index in [1.165, 1.54) is 0 Å². The molecule has 0 aliphatic carbocycles.